The molecule has 0 saturated carbocycles. The third kappa shape index (κ3) is 7.22. The molecule has 100 valence electrons. The van der Waals surface area contributed by atoms with E-state index in [1.807, 2.05) is 30.3 Å². The number of hydrogen-bond donors (Lipinski definition) is 0. The molecule has 0 aliphatic carbocycles. The lowest BCUT2D eigenvalue weighted by Crippen LogP contribution is -2.06. The number of carbonyl (C=O) groups excluding carboxylic acids is 1. The number of rotatable bonds is 8. The average molecular weight is 268 g/mol. The van der Waals surface area contributed by atoms with Gasteiger partial charge in [-0.15, -0.1) is 0 Å². The molecule has 0 bridgehead atoms. The molecule has 0 N–H and O–H groups in total. The molecular weight excluding hydrogens is 248 g/mol. The number of benzene rings is 1. The van der Waals surface area contributed by atoms with Crippen molar-refractivity contribution in [2.75, 3.05) is 12.0 Å². The van der Waals surface area contributed by atoms with Gasteiger partial charge in [0.05, 0.1) is 5.75 Å². The summed E-state index contributed by atoms with van der Waals surface area (Å²) >= 11 is 0. The van der Waals surface area contributed by atoms with Crippen LogP contribution in [0.2, 0.25) is 0 Å². The zero-order valence-electron chi connectivity index (χ0n) is 10.8. The molecule has 0 amide bonds. The minimum absolute atomic E-state index is 0.109. The first-order valence-electron chi connectivity index (χ1n) is 6.21. The lowest BCUT2D eigenvalue weighted by molar-refractivity contribution is -0.119. The summed E-state index contributed by atoms with van der Waals surface area (Å²) in [7, 11) is -2.94. The van der Waals surface area contributed by atoms with Gasteiger partial charge in [-0.25, -0.2) is 8.42 Å². The molecule has 0 unspecified atom stereocenters. The van der Waals surface area contributed by atoms with E-state index in [0.717, 1.165) is 12.8 Å². The largest absolute Gasteiger partial charge is 0.300 e. The Labute approximate surface area is 109 Å². The third-order valence-electron chi connectivity index (χ3n) is 2.73. The van der Waals surface area contributed by atoms with E-state index in [9.17, 15) is 13.2 Å². The van der Waals surface area contributed by atoms with Gasteiger partial charge in [-0.1, -0.05) is 30.3 Å². The molecule has 1 aromatic carbocycles. The van der Waals surface area contributed by atoms with Gasteiger partial charge in [0.2, 0.25) is 0 Å². The second-order valence-corrected chi connectivity index (χ2v) is 6.87. The zero-order chi connectivity index (χ0) is 13.4. The molecule has 0 fully saturated rings. The first-order valence-corrected chi connectivity index (χ1v) is 8.27. The third-order valence-corrected chi connectivity index (χ3v) is 3.76. The summed E-state index contributed by atoms with van der Waals surface area (Å²) in [5.74, 6) is 0.270. The maximum Gasteiger partial charge on any atom is 0.147 e. The van der Waals surface area contributed by atoms with Crippen molar-refractivity contribution in [3.8, 4) is 0 Å². The van der Waals surface area contributed by atoms with Crippen LogP contribution in [-0.2, 0) is 21.1 Å². The van der Waals surface area contributed by atoms with E-state index >= 15 is 0 Å². The van der Waals surface area contributed by atoms with Crippen molar-refractivity contribution in [2.24, 2.45) is 0 Å². The highest BCUT2D eigenvalue weighted by Gasteiger charge is 2.06. The summed E-state index contributed by atoms with van der Waals surface area (Å²) in [6, 6.07) is 10.1. The monoisotopic (exact) mass is 268 g/mol. The minimum Gasteiger partial charge on any atom is -0.300 e. The van der Waals surface area contributed by atoms with Gasteiger partial charge >= 0.3 is 0 Å². The number of sulfone groups is 1. The first kappa shape index (κ1) is 14.9. The molecule has 18 heavy (non-hydrogen) atoms. The molecule has 0 heterocycles. The standard InChI is InChI=1S/C14H20O3S/c1-18(16,17)12-6-11-14(15)10-5-9-13-7-3-2-4-8-13/h2-4,7-8H,5-6,9-12H2,1H3. The Kier molecular flexibility index (Phi) is 6.05. The van der Waals surface area contributed by atoms with Crippen molar-refractivity contribution in [1.82, 2.24) is 0 Å². The Balaban J connectivity index is 2.14. The molecule has 3 nitrogen and oxygen atoms in total. The number of aryl methyl sites for hydroxylation is 1. The molecular formula is C14H20O3S. The van der Waals surface area contributed by atoms with Gasteiger partial charge < -0.3 is 0 Å². The molecule has 0 radical (unpaired) electrons. The highest BCUT2D eigenvalue weighted by Crippen LogP contribution is 2.07. The van der Waals surface area contributed by atoms with Gasteiger partial charge in [-0.3, -0.25) is 4.79 Å². The number of Topliss-reactive ketones (excluding diaryl/α,β-unsaturated/α-hetero) is 1. The smallest absolute Gasteiger partial charge is 0.147 e. The summed E-state index contributed by atoms with van der Waals surface area (Å²) < 4.78 is 21.8. The Morgan fingerprint density at radius 3 is 2.28 bits per heavy atom. The van der Waals surface area contributed by atoms with Crippen LogP contribution in [0.4, 0.5) is 0 Å². The van der Waals surface area contributed by atoms with Gasteiger partial charge in [-0.2, -0.15) is 0 Å². The Hall–Kier alpha value is -1.16. The first-order chi connectivity index (χ1) is 8.47. The second kappa shape index (κ2) is 7.31. The summed E-state index contributed by atoms with van der Waals surface area (Å²) in [5, 5.41) is 0. The van der Waals surface area contributed by atoms with E-state index in [4.69, 9.17) is 0 Å². The topological polar surface area (TPSA) is 51.2 Å². The SMILES string of the molecule is CS(=O)(=O)CCCC(=O)CCCc1ccccc1. The lowest BCUT2D eigenvalue weighted by atomic mass is 10.1. The molecule has 4 heteroatoms. The molecule has 0 aliphatic heterocycles. The van der Waals surface area contributed by atoms with Crippen LogP contribution in [0.25, 0.3) is 0 Å². The molecule has 0 aromatic heterocycles. The van der Waals surface area contributed by atoms with Crippen LogP contribution >= 0.6 is 0 Å². The fourth-order valence-electron chi connectivity index (χ4n) is 1.79. The summed E-state index contributed by atoms with van der Waals surface area (Å²) in [6.45, 7) is 0. The van der Waals surface area contributed by atoms with E-state index in [2.05, 4.69) is 0 Å². The lowest BCUT2D eigenvalue weighted by Gasteiger charge is -2.02. The Morgan fingerprint density at radius 1 is 1.06 bits per heavy atom. The van der Waals surface area contributed by atoms with Crippen molar-refractivity contribution < 1.29 is 13.2 Å². The summed E-state index contributed by atoms with van der Waals surface area (Å²) in [4.78, 5) is 11.5. The van der Waals surface area contributed by atoms with Crippen molar-refractivity contribution >= 4 is 15.6 Å². The molecule has 0 saturated heterocycles. The molecule has 1 aromatic rings. The van der Waals surface area contributed by atoms with Crippen LogP contribution < -0.4 is 0 Å². The van der Waals surface area contributed by atoms with Crippen LogP contribution in [-0.4, -0.2) is 26.2 Å². The van der Waals surface area contributed by atoms with Crippen LogP contribution in [0, 0.1) is 0 Å². The van der Waals surface area contributed by atoms with Gasteiger partial charge in [0.15, 0.2) is 0 Å². The number of ketones is 1. The van der Waals surface area contributed by atoms with Crippen molar-refractivity contribution in [1.29, 1.82) is 0 Å². The second-order valence-electron chi connectivity index (χ2n) is 4.61. The van der Waals surface area contributed by atoms with Gasteiger partial charge in [0.1, 0.15) is 15.6 Å². The Bertz CT molecular complexity index is 463. The van der Waals surface area contributed by atoms with Crippen molar-refractivity contribution in [2.45, 2.75) is 32.1 Å². The number of hydrogen-bond acceptors (Lipinski definition) is 3. The van der Waals surface area contributed by atoms with Gasteiger partial charge in [0.25, 0.3) is 0 Å². The predicted molar refractivity (Wildman–Crippen MR) is 73.3 cm³/mol. The van der Waals surface area contributed by atoms with Crippen molar-refractivity contribution in [3.05, 3.63) is 35.9 Å². The average Bonchev–Trinajstić information content (AvgIpc) is 2.28. The van der Waals surface area contributed by atoms with Crippen molar-refractivity contribution in [3.63, 3.8) is 0 Å². The van der Waals surface area contributed by atoms with Gasteiger partial charge in [-0.05, 0) is 24.8 Å². The highest BCUT2D eigenvalue weighted by atomic mass is 32.2. The quantitative estimate of drug-likeness (QED) is 0.727. The van der Waals surface area contributed by atoms with E-state index in [-0.39, 0.29) is 11.5 Å². The predicted octanol–water partition coefficient (Wildman–Crippen LogP) is 2.40. The highest BCUT2D eigenvalue weighted by molar-refractivity contribution is 7.90. The van der Waals surface area contributed by atoms with Crippen LogP contribution in [0.1, 0.15) is 31.2 Å². The molecule has 0 aliphatic rings. The maximum atomic E-state index is 11.5. The van der Waals surface area contributed by atoms with E-state index < -0.39 is 9.84 Å². The maximum absolute atomic E-state index is 11.5. The van der Waals surface area contributed by atoms with Crippen LogP contribution in [0.3, 0.4) is 0 Å². The fraction of sp³-hybridized carbons (Fsp3) is 0.500. The summed E-state index contributed by atoms with van der Waals surface area (Å²) in [5.41, 5.74) is 1.24. The molecule has 0 atom stereocenters. The summed E-state index contributed by atoms with van der Waals surface area (Å²) in [6.07, 6.45) is 4.30. The zero-order valence-corrected chi connectivity index (χ0v) is 11.6. The van der Waals surface area contributed by atoms with Gasteiger partial charge in [0, 0.05) is 19.1 Å². The van der Waals surface area contributed by atoms with E-state index in [0.29, 0.717) is 19.3 Å². The normalized spacial score (nSPS) is 11.4. The van der Waals surface area contributed by atoms with E-state index in [1.165, 1.54) is 11.8 Å². The number of carbonyl (C=O) groups is 1. The molecule has 0 spiro atoms. The van der Waals surface area contributed by atoms with Crippen LogP contribution in [0.15, 0.2) is 30.3 Å². The fourth-order valence-corrected chi connectivity index (χ4v) is 2.46. The Morgan fingerprint density at radius 2 is 1.67 bits per heavy atom. The minimum atomic E-state index is -2.94. The van der Waals surface area contributed by atoms with Crippen LogP contribution in [0.5, 0.6) is 0 Å². The molecule has 1 rings (SSSR count). The van der Waals surface area contributed by atoms with E-state index in [1.54, 1.807) is 0 Å².